The van der Waals surface area contributed by atoms with Crippen molar-refractivity contribution < 1.29 is 49.7 Å². The average Bonchev–Trinajstić information content (AvgIpc) is 2.59. The lowest BCUT2D eigenvalue weighted by molar-refractivity contribution is -0.376. The number of anilines is 2. The number of halogens is 9. The molecule has 0 aromatic heterocycles. The van der Waals surface area contributed by atoms with E-state index in [9.17, 15) is 49.7 Å². The molecule has 2 aromatic carbocycles. The highest BCUT2D eigenvalue weighted by Gasteiger charge is 2.72. The van der Waals surface area contributed by atoms with Crippen LogP contribution in [0.3, 0.4) is 0 Å². The molecule has 0 unspecified atom stereocenters. The fraction of sp³-hybridized carbons (Fsp3) is 0.333. The normalized spacial score (nSPS) is 15.6. The Morgan fingerprint density at radius 1 is 0.613 bits per heavy atom. The second kappa shape index (κ2) is 7.19. The van der Waals surface area contributed by atoms with E-state index in [1.165, 1.54) is 0 Å². The van der Waals surface area contributed by atoms with Crippen molar-refractivity contribution in [1.82, 2.24) is 0 Å². The second-order valence-corrected chi connectivity index (χ2v) is 6.88. The number of benzene rings is 2. The smallest absolute Gasteiger partial charge is 0.398 e. The molecule has 6 N–H and O–H groups in total. The molecule has 31 heavy (non-hydrogen) atoms. The van der Waals surface area contributed by atoms with Crippen molar-refractivity contribution in [3.63, 3.8) is 0 Å². The molecule has 0 fully saturated rings. The molecular weight excluding hydrogens is 447 g/mol. The first-order valence-electron chi connectivity index (χ1n) is 8.20. The summed E-state index contributed by atoms with van der Waals surface area (Å²) in [6, 6.07) is 4.39. The van der Waals surface area contributed by atoms with Crippen LogP contribution in [0.2, 0.25) is 0 Å². The van der Waals surface area contributed by atoms with Crippen molar-refractivity contribution in [2.24, 2.45) is 0 Å². The van der Waals surface area contributed by atoms with Gasteiger partial charge in [0.15, 0.2) is 5.60 Å². The molecule has 0 radical (unpaired) electrons. The molecule has 0 aliphatic heterocycles. The molecule has 4 nitrogen and oxygen atoms in total. The number of alkyl halides is 9. The molecule has 0 aliphatic rings. The molecule has 0 saturated carbocycles. The molecule has 0 amide bonds. The van der Waals surface area contributed by atoms with E-state index >= 15 is 0 Å². The van der Waals surface area contributed by atoms with Gasteiger partial charge in [-0.3, -0.25) is 0 Å². The van der Waals surface area contributed by atoms with Gasteiger partial charge in [0.1, 0.15) is 0 Å². The van der Waals surface area contributed by atoms with Gasteiger partial charge in [-0.25, -0.2) is 0 Å². The van der Waals surface area contributed by atoms with Crippen LogP contribution >= 0.6 is 0 Å². The monoisotopic (exact) mass is 462 g/mol. The Kier molecular flexibility index (Phi) is 5.71. The van der Waals surface area contributed by atoms with Crippen LogP contribution in [-0.4, -0.2) is 28.7 Å². The molecule has 0 bridgehead atoms. The lowest BCUT2D eigenvalue weighted by atomic mass is 9.86. The highest BCUT2D eigenvalue weighted by atomic mass is 19.4. The van der Waals surface area contributed by atoms with E-state index < -0.39 is 57.8 Å². The van der Waals surface area contributed by atoms with E-state index in [1.54, 1.807) is 0 Å². The Labute approximate surface area is 168 Å². The molecular formula is C18H15F9N2O2. The molecule has 0 aliphatic carbocycles. The summed E-state index contributed by atoms with van der Waals surface area (Å²) in [6.07, 6.45) is -17.6. The molecule has 1 atom stereocenters. The largest absolute Gasteiger partial charge is 0.430 e. The number of nitrogen functional groups attached to an aromatic ring is 2. The first-order chi connectivity index (χ1) is 13.7. The molecule has 13 heteroatoms. The Bertz CT molecular complexity index is 965. The average molecular weight is 462 g/mol. The number of nitrogens with two attached hydrogens (primary N) is 2. The second-order valence-electron chi connectivity index (χ2n) is 6.88. The Hall–Kier alpha value is -2.67. The van der Waals surface area contributed by atoms with E-state index in [-0.39, 0.29) is 11.6 Å². The van der Waals surface area contributed by atoms with Gasteiger partial charge in [0.25, 0.3) is 5.60 Å². The Morgan fingerprint density at radius 3 is 1.32 bits per heavy atom. The third-order valence-electron chi connectivity index (χ3n) is 4.73. The lowest BCUT2D eigenvalue weighted by Gasteiger charge is -2.33. The fourth-order valence-electron chi connectivity index (χ4n) is 2.83. The van der Waals surface area contributed by atoms with Crippen LogP contribution in [0.25, 0.3) is 11.1 Å². The van der Waals surface area contributed by atoms with Crippen molar-refractivity contribution >= 4 is 11.4 Å². The van der Waals surface area contributed by atoms with Crippen molar-refractivity contribution in [1.29, 1.82) is 0 Å². The number of rotatable bonds is 3. The van der Waals surface area contributed by atoms with Gasteiger partial charge in [-0.1, -0.05) is 12.1 Å². The summed E-state index contributed by atoms with van der Waals surface area (Å²) in [7, 11) is 0. The third kappa shape index (κ3) is 3.99. The zero-order chi connectivity index (χ0) is 24.2. The standard InChI is InChI=1S/C18H15F9N2O2/c1-14(30,16(19,20)21)10-6-8(2-4-12(10)28)9-3-5-13(29)11(7-9)15(31,17(22,23)24)18(25,26)27/h2-7,30-31H,28-29H2,1H3/t14-/m1/s1. The van der Waals surface area contributed by atoms with Crippen LogP contribution in [0.1, 0.15) is 18.1 Å². The van der Waals surface area contributed by atoms with Crippen LogP contribution in [0.4, 0.5) is 50.9 Å². The van der Waals surface area contributed by atoms with Gasteiger partial charge >= 0.3 is 18.5 Å². The van der Waals surface area contributed by atoms with Crippen LogP contribution in [0.5, 0.6) is 0 Å². The summed E-state index contributed by atoms with van der Waals surface area (Å²) in [4.78, 5) is 0. The SMILES string of the molecule is C[C@@](O)(c1cc(-c2ccc(N)c(C(O)(C(F)(F)F)C(F)(F)F)c2)ccc1N)C(F)(F)F. The maximum atomic E-state index is 13.2. The van der Waals surface area contributed by atoms with E-state index in [2.05, 4.69) is 0 Å². The molecule has 0 saturated heterocycles. The lowest BCUT2D eigenvalue weighted by Crippen LogP contribution is -2.54. The molecule has 0 heterocycles. The fourth-order valence-corrected chi connectivity index (χ4v) is 2.83. The van der Waals surface area contributed by atoms with Crippen molar-refractivity contribution in [3.05, 3.63) is 47.5 Å². The van der Waals surface area contributed by atoms with E-state index in [1.807, 2.05) is 0 Å². The Balaban J connectivity index is 2.76. The van der Waals surface area contributed by atoms with E-state index in [4.69, 9.17) is 11.5 Å². The number of hydrogen-bond acceptors (Lipinski definition) is 4. The Morgan fingerprint density at radius 2 is 0.968 bits per heavy atom. The van der Waals surface area contributed by atoms with Crippen LogP contribution in [0, 0.1) is 0 Å². The third-order valence-corrected chi connectivity index (χ3v) is 4.73. The van der Waals surface area contributed by atoms with Crippen LogP contribution in [0.15, 0.2) is 36.4 Å². The van der Waals surface area contributed by atoms with Gasteiger partial charge in [0.2, 0.25) is 0 Å². The minimum absolute atomic E-state index is 0.258. The zero-order valence-electron chi connectivity index (χ0n) is 15.4. The summed E-state index contributed by atoms with van der Waals surface area (Å²) >= 11 is 0. The van der Waals surface area contributed by atoms with Crippen molar-refractivity contribution in [2.45, 2.75) is 36.7 Å². The van der Waals surface area contributed by atoms with Gasteiger partial charge in [-0.05, 0) is 42.3 Å². The summed E-state index contributed by atoms with van der Waals surface area (Å²) in [6.45, 7) is 0.378. The molecule has 172 valence electrons. The highest BCUT2D eigenvalue weighted by molar-refractivity contribution is 5.72. The highest BCUT2D eigenvalue weighted by Crippen LogP contribution is 2.52. The summed E-state index contributed by atoms with van der Waals surface area (Å²) in [5.74, 6) is 0. The minimum atomic E-state index is -6.22. The number of aliphatic hydroxyl groups is 2. The van der Waals surface area contributed by atoms with Crippen LogP contribution in [-0.2, 0) is 11.2 Å². The zero-order valence-corrected chi connectivity index (χ0v) is 15.4. The minimum Gasteiger partial charge on any atom is -0.398 e. The van der Waals surface area contributed by atoms with Gasteiger partial charge in [0, 0.05) is 22.5 Å². The predicted octanol–water partition coefficient (Wildman–Crippen LogP) is 4.60. The maximum Gasteiger partial charge on any atom is 0.430 e. The topological polar surface area (TPSA) is 92.5 Å². The van der Waals surface area contributed by atoms with Gasteiger partial charge in [0.05, 0.1) is 0 Å². The van der Waals surface area contributed by atoms with Crippen LogP contribution < -0.4 is 11.5 Å². The number of hydrogen-bond donors (Lipinski definition) is 4. The predicted molar refractivity (Wildman–Crippen MR) is 92.3 cm³/mol. The first-order valence-corrected chi connectivity index (χ1v) is 8.20. The van der Waals surface area contributed by atoms with Gasteiger partial charge in [-0.2, -0.15) is 39.5 Å². The quantitative estimate of drug-likeness (QED) is 0.396. The maximum absolute atomic E-state index is 13.2. The molecule has 0 spiro atoms. The van der Waals surface area contributed by atoms with Crippen molar-refractivity contribution in [3.8, 4) is 11.1 Å². The first kappa shape index (κ1) is 24.6. The summed E-state index contributed by atoms with van der Waals surface area (Å²) in [5, 5.41) is 19.5. The summed E-state index contributed by atoms with van der Waals surface area (Å²) < 4.78 is 119. The molecule has 2 aromatic rings. The van der Waals surface area contributed by atoms with E-state index in [0.29, 0.717) is 19.1 Å². The van der Waals surface area contributed by atoms with Crippen molar-refractivity contribution in [2.75, 3.05) is 11.5 Å². The van der Waals surface area contributed by atoms with Gasteiger partial charge < -0.3 is 21.7 Å². The summed E-state index contributed by atoms with van der Waals surface area (Å²) in [5.41, 5.74) is -3.06. The molecule has 2 rings (SSSR count). The van der Waals surface area contributed by atoms with Gasteiger partial charge in [-0.15, -0.1) is 0 Å². The van der Waals surface area contributed by atoms with E-state index in [0.717, 1.165) is 18.2 Å².